The van der Waals surface area contributed by atoms with Crippen LogP contribution in [0, 0.1) is 6.92 Å². The Bertz CT molecular complexity index is 719. The molecular formula is C12H18N4O3S2. The summed E-state index contributed by atoms with van der Waals surface area (Å²) in [4.78, 5) is 8.11. The van der Waals surface area contributed by atoms with E-state index in [0.29, 0.717) is 11.5 Å². The predicted molar refractivity (Wildman–Crippen MR) is 80.8 cm³/mol. The van der Waals surface area contributed by atoms with Crippen molar-refractivity contribution in [2.45, 2.75) is 44.9 Å². The van der Waals surface area contributed by atoms with Gasteiger partial charge in [0.2, 0.25) is 0 Å². The summed E-state index contributed by atoms with van der Waals surface area (Å²) in [6, 6.07) is 0. The third kappa shape index (κ3) is 3.60. The second-order valence-electron chi connectivity index (χ2n) is 4.68. The first-order chi connectivity index (χ1) is 9.83. The van der Waals surface area contributed by atoms with Gasteiger partial charge < -0.3 is 9.67 Å². The van der Waals surface area contributed by atoms with Crippen LogP contribution in [0.25, 0.3) is 0 Å². The van der Waals surface area contributed by atoms with Crippen molar-refractivity contribution >= 4 is 26.5 Å². The maximum absolute atomic E-state index is 12.3. The summed E-state index contributed by atoms with van der Waals surface area (Å²) in [5, 5.41) is 11.2. The summed E-state index contributed by atoms with van der Waals surface area (Å²) in [5.41, 5.74) is 0.436. The number of aromatic nitrogens is 3. The van der Waals surface area contributed by atoms with E-state index in [-0.39, 0.29) is 10.2 Å². The smallest absolute Gasteiger partial charge is 0.282 e. The molecule has 1 atom stereocenters. The summed E-state index contributed by atoms with van der Waals surface area (Å²) in [7, 11) is -3.76. The molecule has 0 bridgehead atoms. The van der Waals surface area contributed by atoms with E-state index >= 15 is 0 Å². The van der Waals surface area contributed by atoms with Crippen molar-refractivity contribution in [3.05, 3.63) is 23.1 Å². The number of rotatable bonds is 6. The molecule has 0 saturated heterocycles. The monoisotopic (exact) mass is 330 g/mol. The van der Waals surface area contributed by atoms with Crippen LogP contribution in [-0.4, -0.2) is 28.1 Å². The normalized spacial score (nSPS) is 13.3. The van der Waals surface area contributed by atoms with Crippen molar-refractivity contribution < 1.29 is 13.5 Å². The van der Waals surface area contributed by atoms with Crippen LogP contribution >= 0.6 is 11.3 Å². The molecule has 2 N–H and O–H groups in total. The molecule has 0 aliphatic carbocycles. The molecule has 21 heavy (non-hydrogen) atoms. The highest BCUT2D eigenvalue weighted by Crippen LogP contribution is 2.23. The SMILES string of the molecule is CCCn1cc(S(=O)(=O)Nc2nc(C(C)O)cs2)nc1C. The van der Waals surface area contributed by atoms with E-state index in [4.69, 9.17) is 0 Å². The standard InChI is InChI=1S/C12H18N4O3S2/c1-4-5-16-6-11(13-9(16)3)21(18,19)15-12-14-10(7-20-12)8(2)17/h6-8,17H,4-5H2,1-3H3,(H,14,15). The lowest BCUT2D eigenvalue weighted by atomic mass is 10.3. The average Bonchev–Trinajstić information content (AvgIpc) is 2.98. The van der Waals surface area contributed by atoms with Gasteiger partial charge in [-0.1, -0.05) is 6.92 Å². The highest BCUT2D eigenvalue weighted by atomic mass is 32.2. The molecule has 1 unspecified atom stereocenters. The first kappa shape index (κ1) is 15.9. The molecule has 2 heterocycles. The Labute approximate surface area is 127 Å². The van der Waals surface area contributed by atoms with Crippen molar-refractivity contribution in [3.8, 4) is 0 Å². The van der Waals surface area contributed by atoms with E-state index in [1.807, 2.05) is 6.92 Å². The number of hydrogen-bond acceptors (Lipinski definition) is 6. The topological polar surface area (TPSA) is 97.1 Å². The molecule has 0 spiro atoms. The Morgan fingerprint density at radius 3 is 2.76 bits per heavy atom. The molecule has 2 aromatic heterocycles. The highest BCUT2D eigenvalue weighted by molar-refractivity contribution is 7.92. The summed E-state index contributed by atoms with van der Waals surface area (Å²) < 4.78 is 28.7. The first-order valence-corrected chi connectivity index (χ1v) is 8.90. The maximum Gasteiger partial charge on any atom is 0.282 e. The molecule has 0 amide bonds. The predicted octanol–water partition coefficient (Wildman–Crippen LogP) is 1.91. The fraction of sp³-hybridized carbons (Fsp3) is 0.500. The Balaban J connectivity index is 2.23. The van der Waals surface area contributed by atoms with Gasteiger partial charge in [0.1, 0.15) is 5.82 Å². The van der Waals surface area contributed by atoms with Gasteiger partial charge in [0.25, 0.3) is 10.0 Å². The van der Waals surface area contributed by atoms with Crippen molar-refractivity contribution in [2.75, 3.05) is 4.72 Å². The summed E-state index contributed by atoms with van der Waals surface area (Å²) in [6.07, 6.45) is 1.68. The van der Waals surface area contributed by atoms with Crippen molar-refractivity contribution in [2.24, 2.45) is 0 Å². The van der Waals surface area contributed by atoms with Gasteiger partial charge in [-0.3, -0.25) is 4.72 Å². The van der Waals surface area contributed by atoms with Gasteiger partial charge in [0.15, 0.2) is 10.2 Å². The Morgan fingerprint density at radius 2 is 2.19 bits per heavy atom. The molecule has 0 saturated carbocycles. The third-order valence-corrected chi connectivity index (χ3v) is 4.98. The molecule has 0 aliphatic heterocycles. The zero-order valence-electron chi connectivity index (χ0n) is 12.1. The quantitative estimate of drug-likeness (QED) is 0.843. The molecule has 0 radical (unpaired) electrons. The van der Waals surface area contributed by atoms with Crippen LogP contribution in [-0.2, 0) is 16.6 Å². The van der Waals surface area contributed by atoms with Gasteiger partial charge >= 0.3 is 0 Å². The Kier molecular flexibility index (Phi) is 4.64. The lowest BCUT2D eigenvalue weighted by Gasteiger charge is -2.02. The number of aryl methyl sites for hydroxylation is 2. The lowest BCUT2D eigenvalue weighted by Crippen LogP contribution is -2.13. The molecule has 116 valence electrons. The van der Waals surface area contributed by atoms with Crippen LogP contribution in [0.2, 0.25) is 0 Å². The number of sulfonamides is 1. The Hall–Kier alpha value is -1.45. The molecule has 0 aliphatic rings. The zero-order valence-corrected chi connectivity index (χ0v) is 13.7. The van der Waals surface area contributed by atoms with Gasteiger partial charge in [-0.05, 0) is 20.3 Å². The minimum absolute atomic E-state index is 0.0257. The van der Waals surface area contributed by atoms with Crippen LogP contribution in [0.15, 0.2) is 16.6 Å². The van der Waals surface area contributed by atoms with Crippen LogP contribution in [0.3, 0.4) is 0 Å². The molecule has 2 aromatic rings. The van der Waals surface area contributed by atoms with Crippen LogP contribution in [0.1, 0.15) is 37.9 Å². The average molecular weight is 330 g/mol. The minimum Gasteiger partial charge on any atom is -0.387 e. The third-order valence-electron chi connectivity index (χ3n) is 2.87. The number of nitrogens with one attached hydrogen (secondary N) is 1. The second-order valence-corrected chi connectivity index (χ2v) is 7.17. The van der Waals surface area contributed by atoms with Crippen LogP contribution in [0.4, 0.5) is 5.13 Å². The van der Waals surface area contributed by atoms with Crippen molar-refractivity contribution in [3.63, 3.8) is 0 Å². The minimum atomic E-state index is -3.76. The molecule has 0 fully saturated rings. The van der Waals surface area contributed by atoms with E-state index in [1.54, 1.807) is 23.8 Å². The van der Waals surface area contributed by atoms with Gasteiger partial charge in [-0.2, -0.15) is 8.42 Å². The highest BCUT2D eigenvalue weighted by Gasteiger charge is 2.21. The van der Waals surface area contributed by atoms with Crippen LogP contribution in [0.5, 0.6) is 0 Å². The number of aliphatic hydroxyl groups is 1. The fourth-order valence-electron chi connectivity index (χ4n) is 1.77. The summed E-state index contributed by atoms with van der Waals surface area (Å²) in [6.45, 7) is 6.07. The van der Waals surface area contributed by atoms with E-state index < -0.39 is 16.1 Å². The molecule has 2 rings (SSSR count). The van der Waals surface area contributed by atoms with Crippen molar-refractivity contribution in [1.29, 1.82) is 0 Å². The molecule has 9 heteroatoms. The lowest BCUT2D eigenvalue weighted by molar-refractivity contribution is 0.195. The van der Waals surface area contributed by atoms with Gasteiger partial charge in [0, 0.05) is 18.1 Å². The summed E-state index contributed by atoms with van der Waals surface area (Å²) in [5.74, 6) is 0.654. The second kappa shape index (κ2) is 6.12. The Morgan fingerprint density at radius 1 is 1.48 bits per heavy atom. The molecule has 7 nitrogen and oxygen atoms in total. The van der Waals surface area contributed by atoms with Crippen LogP contribution < -0.4 is 4.72 Å². The zero-order chi connectivity index (χ0) is 15.6. The summed E-state index contributed by atoms with van der Waals surface area (Å²) >= 11 is 1.12. The number of thiazole rings is 1. The number of nitrogens with zero attached hydrogens (tertiary/aromatic N) is 3. The van der Waals surface area contributed by atoms with E-state index in [2.05, 4.69) is 14.7 Å². The first-order valence-electron chi connectivity index (χ1n) is 6.53. The number of aliphatic hydroxyl groups excluding tert-OH is 1. The largest absolute Gasteiger partial charge is 0.387 e. The molecular weight excluding hydrogens is 312 g/mol. The van der Waals surface area contributed by atoms with E-state index in [1.165, 1.54) is 6.20 Å². The van der Waals surface area contributed by atoms with Crippen molar-refractivity contribution in [1.82, 2.24) is 14.5 Å². The van der Waals surface area contributed by atoms with Gasteiger partial charge in [-0.15, -0.1) is 11.3 Å². The fourth-order valence-corrected chi connectivity index (χ4v) is 3.83. The molecule has 0 aromatic carbocycles. The van der Waals surface area contributed by atoms with Gasteiger partial charge in [-0.25, -0.2) is 9.97 Å². The number of anilines is 1. The van der Waals surface area contributed by atoms with Gasteiger partial charge in [0.05, 0.1) is 11.8 Å². The van der Waals surface area contributed by atoms with E-state index in [9.17, 15) is 13.5 Å². The number of imidazole rings is 1. The van der Waals surface area contributed by atoms with E-state index in [0.717, 1.165) is 24.3 Å². The number of hydrogen-bond donors (Lipinski definition) is 2. The maximum atomic E-state index is 12.3.